The highest BCUT2D eigenvalue weighted by molar-refractivity contribution is 8.00. The lowest BCUT2D eigenvalue weighted by molar-refractivity contribution is -0.115. The van der Waals surface area contributed by atoms with E-state index in [1.54, 1.807) is 0 Å². The summed E-state index contributed by atoms with van der Waals surface area (Å²) in [6.45, 7) is 5.35. The standard InChI is InChI=1S/C18H20N2O2S/c1-12-4-6-16(7-5-12)20-18(22)13(2)23-17-10-8-15(9-11-17)19-14(3)21/h4-11,13H,1-3H3,(H,19,21)(H,20,22)/t13-/m1/s1. The third-order valence-corrected chi connectivity index (χ3v) is 4.29. The smallest absolute Gasteiger partial charge is 0.237 e. The molecule has 5 heteroatoms. The average Bonchev–Trinajstić information content (AvgIpc) is 2.51. The first kappa shape index (κ1) is 17.1. The second kappa shape index (κ2) is 7.83. The van der Waals surface area contributed by atoms with Crippen LogP contribution in [0, 0.1) is 6.92 Å². The van der Waals surface area contributed by atoms with Gasteiger partial charge in [-0.1, -0.05) is 17.7 Å². The minimum absolute atomic E-state index is 0.0372. The molecule has 0 fully saturated rings. The largest absolute Gasteiger partial charge is 0.326 e. The summed E-state index contributed by atoms with van der Waals surface area (Å²) in [5.41, 5.74) is 2.71. The van der Waals surface area contributed by atoms with Gasteiger partial charge in [-0.15, -0.1) is 11.8 Å². The molecule has 2 aromatic carbocycles. The molecule has 0 saturated heterocycles. The van der Waals surface area contributed by atoms with Gasteiger partial charge in [0.1, 0.15) is 0 Å². The number of hydrogen-bond donors (Lipinski definition) is 2. The van der Waals surface area contributed by atoms with E-state index in [1.165, 1.54) is 18.7 Å². The van der Waals surface area contributed by atoms with E-state index in [0.717, 1.165) is 21.8 Å². The fraction of sp³-hybridized carbons (Fsp3) is 0.222. The average molecular weight is 328 g/mol. The zero-order chi connectivity index (χ0) is 16.8. The fourth-order valence-electron chi connectivity index (χ4n) is 1.96. The van der Waals surface area contributed by atoms with Gasteiger partial charge in [-0.05, 0) is 50.2 Å². The number of nitrogens with one attached hydrogen (secondary N) is 2. The Labute approximate surface area is 140 Å². The monoisotopic (exact) mass is 328 g/mol. The maximum atomic E-state index is 12.2. The Balaban J connectivity index is 1.92. The first-order valence-electron chi connectivity index (χ1n) is 7.36. The topological polar surface area (TPSA) is 58.2 Å². The Bertz CT molecular complexity index is 681. The minimum Gasteiger partial charge on any atom is -0.326 e. The lowest BCUT2D eigenvalue weighted by atomic mass is 10.2. The first-order valence-corrected chi connectivity index (χ1v) is 8.24. The molecule has 0 heterocycles. The number of carbonyl (C=O) groups excluding carboxylic acids is 2. The van der Waals surface area contributed by atoms with Gasteiger partial charge in [-0.25, -0.2) is 0 Å². The van der Waals surface area contributed by atoms with Crippen molar-refractivity contribution < 1.29 is 9.59 Å². The van der Waals surface area contributed by atoms with Crippen LogP contribution in [0.3, 0.4) is 0 Å². The predicted octanol–water partition coefficient (Wildman–Crippen LogP) is 4.07. The second-order valence-corrected chi connectivity index (χ2v) is 6.74. The Kier molecular flexibility index (Phi) is 5.82. The van der Waals surface area contributed by atoms with Crippen molar-refractivity contribution in [3.05, 3.63) is 54.1 Å². The minimum atomic E-state index is -0.220. The van der Waals surface area contributed by atoms with Crippen LogP contribution in [-0.2, 0) is 9.59 Å². The van der Waals surface area contributed by atoms with Crippen LogP contribution in [0.4, 0.5) is 11.4 Å². The highest BCUT2D eigenvalue weighted by Gasteiger charge is 2.14. The van der Waals surface area contributed by atoms with Gasteiger partial charge < -0.3 is 10.6 Å². The number of benzene rings is 2. The molecule has 120 valence electrons. The van der Waals surface area contributed by atoms with E-state index in [2.05, 4.69) is 10.6 Å². The predicted molar refractivity (Wildman–Crippen MR) is 95.9 cm³/mol. The first-order chi connectivity index (χ1) is 10.9. The van der Waals surface area contributed by atoms with Crippen molar-refractivity contribution in [3.63, 3.8) is 0 Å². The number of rotatable bonds is 5. The van der Waals surface area contributed by atoms with Crippen molar-refractivity contribution in [2.24, 2.45) is 0 Å². The highest BCUT2D eigenvalue weighted by atomic mass is 32.2. The molecule has 2 rings (SSSR count). The van der Waals surface area contributed by atoms with Gasteiger partial charge in [-0.3, -0.25) is 9.59 Å². The van der Waals surface area contributed by atoms with E-state index < -0.39 is 0 Å². The van der Waals surface area contributed by atoms with Crippen molar-refractivity contribution in [3.8, 4) is 0 Å². The molecule has 0 spiro atoms. The molecule has 2 amide bonds. The second-order valence-electron chi connectivity index (χ2n) is 5.32. The van der Waals surface area contributed by atoms with E-state index in [4.69, 9.17) is 0 Å². The molecule has 2 N–H and O–H groups in total. The van der Waals surface area contributed by atoms with Crippen LogP contribution < -0.4 is 10.6 Å². The van der Waals surface area contributed by atoms with E-state index in [-0.39, 0.29) is 17.1 Å². The van der Waals surface area contributed by atoms with Crippen LogP contribution in [0.2, 0.25) is 0 Å². The highest BCUT2D eigenvalue weighted by Crippen LogP contribution is 2.25. The van der Waals surface area contributed by atoms with Gasteiger partial charge >= 0.3 is 0 Å². The summed E-state index contributed by atoms with van der Waals surface area (Å²) in [7, 11) is 0. The number of anilines is 2. The molecule has 0 aliphatic rings. The quantitative estimate of drug-likeness (QED) is 0.813. The summed E-state index contributed by atoms with van der Waals surface area (Å²) in [6, 6.07) is 15.2. The van der Waals surface area contributed by atoms with E-state index in [9.17, 15) is 9.59 Å². The van der Waals surface area contributed by atoms with E-state index >= 15 is 0 Å². The van der Waals surface area contributed by atoms with Gasteiger partial charge in [0.25, 0.3) is 0 Å². The molecule has 0 aliphatic carbocycles. The molecule has 0 saturated carbocycles. The summed E-state index contributed by atoms with van der Waals surface area (Å²) >= 11 is 1.48. The fourth-order valence-corrected chi connectivity index (χ4v) is 2.83. The van der Waals surface area contributed by atoms with Crippen LogP contribution in [0.1, 0.15) is 19.4 Å². The van der Waals surface area contributed by atoms with Crippen molar-refractivity contribution in [2.75, 3.05) is 10.6 Å². The van der Waals surface area contributed by atoms with Crippen LogP contribution >= 0.6 is 11.8 Å². The zero-order valence-corrected chi connectivity index (χ0v) is 14.2. The maximum Gasteiger partial charge on any atom is 0.237 e. The number of thioether (sulfide) groups is 1. The lowest BCUT2D eigenvalue weighted by Crippen LogP contribution is -2.22. The van der Waals surface area contributed by atoms with Gasteiger partial charge in [0.05, 0.1) is 5.25 Å². The molecule has 0 unspecified atom stereocenters. The van der Waals surface area contributed by atoms with E-state index in [0.29, 0.717) is 0 Å². The van der Waals surface area contributed by atoms with Crippen molar-refractivity contribution in [2.45, 2.75) is 30.9 Å². The molecule has 0 bridgehead atoms. The summed E-state index contributed by atoms with van der Waals surface area (Å²) in [5, 5.41) is 5.41. The Morgan fingerprint density at radius 1 is 0.913 bits per heavy atom. The molecule has 0 radical (unpaired) electrons. The summed E-state index contributed by atoms with van der Waals surface area (Å²) in [4.78, 5) is 24.2. The van der Waals surface area contributed by atoms with Crippen LogP contribution in [0.5, 0.6) is 0 Å². The van der Waals surface area contributed by atoms with Crippen molar-refractivity contribution in [1.82, 2.24) is 0 Å². The summed E-state index contributed by atoms with van der Waals surface area (Å²) in [6.07, 6.45) is 0. The Morgan fingerprint density at radius 2 is 1.43 bits per heavy atom. The van der Waals surface area contributed by atoms with Crippen LogP contribution in [-0.4, -0.2) is 17.1 Å². The number of hydrogen-bond acceptors (Lipinski definition) is 3. The summed E-state index contributed by atoms with van der Waals surface area (Å²) in [5.74, 6) is -0.138. The molecule has 0 aliphatic heterocycles. The lowest BCUT2D eigenvalue weighted by Gasteiger charge is -2.12. The van der Waals surface area contributed by atoms with Gasteiger partial charge in [0, 0.05) is 23.2 Å². The number of aryl methyl sites for hydroxylation is 1. The molecule has 23 heavy (non-hydrogen) atoms. The van der Waals surface area contributed by atoms with E-state index in [1.807, 2.05) is 62.4 Å². The number of carbonyl (C=O) groups is 2. The summed E-state index contributed by atoms with van der Waals surface area (Å²) < 4.78 is 0. The molecular formula is C18H20N2O2S. The molecule has 2 aromatic rings. The normalized spacial score (nSPS) is 11.6. The number of amides is 2. The third-order valence-electron chi connectivity index (χ3n) is 3.18. The SMILES string of the molecule is CC(=O)Nc1ccc(S[C@H](C)C(=O)Nc2ccc(C)cc2)cc1. The Hall–Kier alpha value is -2.27. The molecule has 0 aromatic heterocycles. The Morgan fingerprint density at radius 3 is 2.00 bits per heavy atom. The van der Waals surface area contributed by atoms with Crippen LogP contribution in [0.25, 0.3) is 0 Å². The van der Waals surface area contributed by atoms with Crippen molar-refractivity contribution >= 4 is 35.0 Å². The van der Waals surface area contributed by atoms with Gasteiger partial charge in [0.15, 0.2) is 0 Å². The van der Waals surface area contributed by atoms with Gasteiger partial charge in [-0.2, -0.15) is 0 Å². The van der Waals surface area contributed by atoms with Crippen LogP contribution in [0.15, 0.2) is 53.4 Å². The molecule has 1 atom stereocenters. The third kappa shape index (κ3) is 5.45. The van der Waals surface area contributed by atoms with Crippen molar-refractivity contribution in [1.29, 1.82) is 0 Å². The molecular weight excluding hydrogens is 308 g/mol. The zero-order valence-electron chi connectivity index (χ0n) is 13.4. The maximum absolute atomic E-state index is 12.2. The van der Waals surface area contributed by atoms with Gasteiger partial charge in [0.2, 0.25) is 11.8 Å². The molecule has 4 nitrogen and oxygen atoms in total.